The summed E-state index contributed by atoms with van der Waals surface area (Å²) in [6.07, 6.45) is 5.07. The van der Waals surface area contributed by atoms with Crippen LogP contribution in [0.2, 0.25) is 0 Å². The summed E-state index contributed by atoms with van der Waals surface area (Å²) in [4.78, 5) is 32.2. The third-order valence-corrected chi connectivity index (χ3v) is 5.39. The van der Waals surface area contributed by atoms with E-state index in [1.807, 2.05) is 24.3 Å². The molecule has 0 radical (unpaired) electrons. The van der Waals surface area contributed by atoms with Crippen molar-refractivity contribution in [1.29, 1.82) is 0 Å². The molecule has 2 aliphatic rings. The van der Waals surface area contributed by atoms with Gasteiger partial charge in [-0.15, -0.1) is 0 Å². The Balaban J connectivity index is 1.69. The Labute approximate surface area is 186 Å². The normalized spacial score (nSPS) is 17.5. The summed E-state index contributed by atoms with van der Waals surface area (Å²) < 4.78 is 17.5. The Kier molecular flexibility index (Phi) is 6.02. The number of dihydropyridines is 1. The number of aliphatic imine (C=N–C) groups is 1. The van der Waals surface area contributed by atoms with Gasteiger partial charge in [0.15, 0.2) is 0 Å². The number of fused-ring (bicyclic) bond motifs is 1. The highest BCUT2D eigenvalue weighted by atomic mass is 16.5. The fourth-order valence-corrected chi connectivity index (χ4v) is 3.73. The number of carbonyl (C=O) groups excluding carboxylic acids is 2. The molecule has 0 N–H and O–H groups in total. The first-order valence-electron chi connectivity index (χ1n) is 10.1. The number of ether oxygens (including phenoxy) is 3. The minimum Gasteiger partial charge on any atom is -0.497 e. The van der Waals surface area contributed by atoms with Crippen molar-refractivity contribution in [2.45, 2.75) is 19.1 Å². The van der Waals surface area contributed by atoms with Crippen LogP contribution >= 0.6 is 0 Å². The molecule has 32 heavy (non-hydrogen) atoms. The predicted molar refractivity (Wildman–Crippen MR) is 119 cm³/mol. The molecule has 2 aromatic carbocycles. The van der Waals surface area contributed by atoms with Crippen LogP contribution in [0.5, 0.6) is 17.2 Å². The number of nitrogens with zero attached hydrogens (tertiary/aromatic N) is 3. The fourth-order valence-electron chi connectivity index (χ4n) is 3.73. The van der Waals surface area contributed by atoms with Crippen molar-refractivity contribution < 1.29 is 28.4 Å². The lowest BCUT2D eigenvalue weighted by Crippen LogP contribution is -2.56. The summed E-state index contributed by atoms with van der Waals surface area (Å²) >= 11 is 0. The highest BCUT2D eigenvalue weighted by molar-refractivity contribution is 6.20. The molecule has 8 heteroatoms. The van der Waals surface area contributed by atoms with Crippen molar-refractivity contribution in [3.63, 3.8) is 0 Å². The number of hydrogen-bond acceptors (Lipinski definition) is 6. The number of benzene rings is 2. The first-order chi connectivity index (χ1) is 15.5. The maximum atomic E-state index is 13.5. The molecule has 4 rings (SSSR count). The van der Waals surface area contributed by atoms with Gasteiger partial charge >= 0.3 is 11.9 Å². The first-order valence-corrected chi connectivity index (χ1v) is 10.1. The lowest BCUT2D eigenvalue weighted by molar-refractivity contribution is -0.455. The molecule has 0 saturated heterocycles. The van der Waals surface area contributed by atoms with Gasteiger partial charge in [-0.2, -0.15) is 14.3 Å². The quantitative estimate of drug-likeness (QED) is 0.626. The highest BCUT2D eigenvalue weighted by Gasteiger charge is 2.47. The zero-order valence-corrected chi connectivity index (χ0v) is 18.1. The van der Waals surface area contributed by atoms with Crippen molar-refractivity contribution in [3.8, 4) is 17.2 Å². The number of methoxy groups -OCH3 is 3. The second kappa shape index (κ2) is 9.05. The maximum Gasteiger partial charge on any atom is 0.501 e. The molecule has 2 aromatic rings. The van der Waals surface area contributed by atoms with E-state index in [-0.39, 0.29) is 19.0 Å². The minimum absolute atomic E-state index is 0.141. The summed E-state index contributed by atoms with van der Waals surface area (Å²) in [5.41, 5.74) is 2.17. The third kappa shape index (κ3) is 4.12. The second-order valence-corrected chi connectivity index (χ2v) is 7.35. The monoisotopic (exact) mass is 434 g/mol. The molecule has 0 spiro atoms. The van der Waals surface area contributed by atoms with Crippen LogP contribution in [-0.2, 0) is 17.9 Å². The Morgan fingerprint density at radius 2 is 1.56 bits per heavy atom. The van der Waals surface area contributed by atoms with Crippen LogP contribution in [0.25, 0.3) is 0 Å². The van der Waals surface area contributed by atoms with Gasteiger partial charge in [0.05, 0.1) is 21.3 Å². The van der Waals surface area contributed by atoms with Crippen molar-refractivity contribution in [1.82, 2.24) is 4.90 Å². The van der Waals surface area contributed by atoms with Crippen molar-refractivity contribution in [3.05, 3.63) is 65.7 Å². The van der Waals surface area contributed by atoms with E-state index in [2.05, 4.69) is 4.99 Å². The lowest BCUT2D eigenvalue weighted by Gasteiger charge is -2.26. The van der Waals surface area contributed by atoms with Crippen molar-refractivity contribution in [2.24, 2.45) is 4.99 Å². The van der Waals surface area contributed by atoms with E-state index >= 15 is 0 Å². The van der Waals surface area contributed by atoms with Gasteiger partial charge in [0.25, 0.3) is 0 Å². The smallest absolute Gasteiger partial charge is 0.497 e. The first kappa shape index (κ1) is 21.3. The van der Waals surface area contributed by atoms with Gasteiger partial charge in [0, 0.05) is 17.8 Å². The van der Waals surface area contributed by atoms with Gasteiger partial charge in [0.1, 0.15) is 36.0 Å². The van der Waals surface area contributed by atoms with Gasteiger partial charge in [-0.3, -0.25) is 4.99 Å². The maximum absolute atomic E-state index is 13.5. The van der Waals surface area contributed by atoms with E-state index in [0.29, 0.717) is 23.0 Å². The molecule has 8 nitrogen and oxygen atoms in total. The largest absolute Gasteiger partial charge is 0.501 e. The van der Waals surface area contributed by atoms with Crippen LogP contribution in [0.15, 0.2) is 59.6 Å². The summed E-state index contributed by atoms with van der Waals surface area (Å²) in [6, 6.07) is 11.5. The van der Waals surface area contributed by atoms with Gasteiger partial charge in [-0.1, -0.05) is 12.1 Å². The molecule has 3 amide bonds. The van der Waals surface area contributed by atoms with E-state index < -0.39 is 12.1 Å². The van der Waals surface area contributed by atoms with E-state index in [4.69, 9.17) is 14.2 Å². The summed E-state index contributed by atoms with van der Waals surface area (Å²) in [5.74, 6) is 1.60. The van der Waals surface area contributed by atoms with E-state index in [1.165, 1.54) is 4.90 Å². The van der Waals surface area contributed by atoms with Crippen LogP contribution in [0.1, 0.15) is 11.1 Å². The molecule has 0 saturated carbocycles. The predicted octanol–water partition coefficient (Wildman–Crippen LogP) is 2.84. The lowest BCUT2D eigenvalue weighted by atomic mass is 10.0. The molecule has 0 fully saturated rings. The highest BCUT2D eigenvalue weighted by Crippen LogP contribution is 2.25. The summed E-state index contributed by atoms with van der Waals surface area (Å²) in [5, 5.41) is 0. The number of carbonyl (C=O) groups is 2. The molecule has 0 aromatic heterocycles. The van der Waals surface area contributed by atoms with Crippen LogP contribution < -0.4 is 14.2 Å². The molecule has 1 atom stereocenters. The van der Waals surface area contributed by atoms with Gasteiger partial charge in [-0.05, 0) is 42.0 Å². The average Bonchev–Trinajstić information content (AvgIpc) is 2.84. The second-order valence-electron chi connectivity index (χ2n) is 7.35. The number of urea groups is 1. The molecule has 2 heterocycles. The minimum atomic E-state index is -0.761. The van der Waals surface area contributed by atoms with Crippen molar-refractivity contribution in [2.75, 3.05) is 21.3 Å². The number of amides is 3. The zero-order valence-electron chi connectivity index (χ0n) is 18.1. The molecule has 0 bridgehead atoms. The molecule has 1 unspecified atom stereocenters. The van der Waals surface area contributed by atoms with E-state index in [9.17, 15) is 9.59 Å². The van der Waals surface area contributed by atoms with Gasteiger partial charge in [0.2, 0.25) is 6.04 Å². The SMILES string of the molecule is COc1ccc(CN2C(=O)C3N=CC=CC3=[N+](Cc3cc(OC)cc(OC)c3)C2=O)cc1. The molecular formula is C24H24N3O5+. The Hall–Kier alpha value is -3.94. The van der Waals surface area contributed by atoms with Crippen LogP contribution in [0, 0.1) is 0 Å². The van der Waals surface area contributed by atoms with E-state index in [0.717, 1.165) is 11.1 Å². The number of imide groups is 1. The Morgan fingerprint density at radius 1 is 0.906 bits per heavy atom. The molecular weight excluding hydrogens is 410 g/mol. The number of allylic oxidation sites excluding steroid dienone is 1. The average molecular weight is 434 g/mol. The standard InChI is InChI=1S/C24H24N3O5/c1-30-18-8-6-16(7-9-18)14-27-23(28)22-21(5-4-10-25-22)26(24(27)29)15-17-11-19(31-2)13-20(12-17)32-3/h4-13,22H,14-15H2,1-3H3/q+1. The van der Waals surface area contributed by atoms with Crippen LogP contribution in [-0.4, -0.2) is 60.7 Å². The topological polar surface area (TPSA) is 80.4 Å². The van der Waals surface area contributed by atoms with E-state index in [1.54, 1.807) is 62.5 Å². The molecule has 0 aliphatic carbocycles. The Morgan fingerprint density at radius 3 is 2.19 bits per heavy atom. The van der Waals surface area contributed by atoms with Crippen molar-refractivity contribution >= 4 is 23.9 Å². The summed E-state index contributed by atoms with van der Waals surface area (Å²) in [7, 11) is 4.73. The third-order valence-electron chi connectivity index (χ3n) is 5.39. The molecule has 164 valence electrons. The number of hydrogen-bond donors (Lipinski definition) is 0. The fraction of sp³-hybridized carbons (Fsp3) is 0.250. The van der Waals surface area contributed by atoms with Gasteiger partial charge in [-0.25, -0.2) is 4.79 Å². The van der Waals surface area contributed by atoms with Gasteiger partial charge < -0.3 is 14.2 Å². The Bertz CT molecular complexity index is 1110. The zero-order chi connectivity index (χ0) is 22.7. The van der Waals surface area contributed by atoms with Crippen LogP contribution in [0.4, 0.5) is 4.79 Å². The van der Waals surface area contributed by atoms with Crippen LogP contribution in [0.3, 0.4) is 0 Å². The summed E-state index contributed by atoms with van der Waals surface area (Å²) in [6.45, 7) is 0.382. The number of rotatable bonds is 7. The molecule has 2 aliphatic heterocycles.